The number of methoxy groups -OCH3 is 1. The minimum atomic E-state index is -0.113. The largest absolute Gasteiger partial charge is 0.497 e. The van der Waals surface area contributed by atoms with Crippen LogP contribution >= 0.6 is 11.8 Å². The summed E-state index contributed by atoms with van der Waals surface area (Å²) in [7, 11) is 1.67. The molecule has 0 aliphatic carbocycles. The average Bonchev–Trinajstić information content (AvgIpc) is 3.11. The van der Waals surface area contributed by atoms with E-state index in [1.54, 1.807) is 25.1 Å². The van der Waals surface area contributed by atoms with Crippen LogP contribution in [0.25, 0.3) is 0 Å². The van der Waals surface area contributed by atoms with Gasteiger partial charge in [0, 0.05) is 11.1 Å². The fourth-order valence-corrected chi connectivity index (χ4v) is 3.95. The number of benzene rings is 1. The molecule has 1 unspecified atom stereocenters. The Morgan fingerprint density at radius 1 is 1.19 bits per heavy atom. The number of nitrogens with zero attached hydrogens (tertiary/aromatic N) is 2. The summed E-state index contributed by atoms with van der Waals surface area (Å²) < 4.78 is 5.35. The van der Waals surface area contributed by atoms with Crippen LogP contribution in [0.4, 0.5) is 0 Å². The van der Waals surface area contributed by atoms with Crippen molar-refractivity contribution in [1.82, 2.24) is 15.0 Å². The van der Waals surface area contributed by atoms with Crippen molar-refractivity contribution in [3.05, 3.63) is 71.6 Å². The standard InChI is InChI=1S/C20H23N3O2S/c1-13(2)18-19(23-17(12-24)22-18)20(16-9-4-5-10-21-16)26-15-8-6-7-14(11-15)25-3/h4-11,13,20,24H,12H2,1-3H3,(H,22,23). The molecule has 0 spiro atoms. The Morgan fingerprint density at radius 3 is 2.69 bits per heavy atom. The first kappa shape index (κ1) is 18.5. The summed E-state index contributed by atoms with van der Waals surface area (Å²) in [5.74, 6) is 1.63. The number of aromatic nitrogens is 3. The number of hydrogen-bond donors (Lipinski definition) is 2. The van der Waals surface area contributed by atoms with Gasteiger partial charge in [0.05, 0.1) is 29.4 Å². The van der Waals surface area contributed by atoms with Crippen LogP contribution in [-0.2, 0) is 6.61 Å². The molecule has 2 aromatic heterocycles. The van der Waals surface area contributed by atoms with E-state index in [1.807, 2.05) is 36.4 Å². The fraction of sp³-hybridized carbons (Fsp3) is 0.300. The Kier molecular flexibility index (Phi) is 5.96. The number of rotatable bonds is 7. The molecule has 0 aliphatic rings. The van der Waals surface area contributed by atoms with Crippen LogP contribution < -0.4 is 4.74 Å². The van der Waals surface area contributed by atoms with Crippen molar-refractivity contribution in [3.8, 4) is 5.75 Å². The number of aromatic amines is 1. The van der Waals surface area contributed by atoms with E-state index >= 15 is 0 Å². The van der Waals surface area contributed by atoms with E-state index in [0.29, 0.717) is 5.82 Å². The quantitative estimate of drug-likeness (QED) is 0.607. The molecule has 2 heterocycles. The third-order valence-corrected chi connectivity index (χ3v) is 5.26. The van der Waals surface area contributed by atoms with Gasteiger partial charge in [-0.3, -0.25) is 4.98 Å². The van der Waals surface area contributed by atoms with Gasteiger partial charge in [0.25, 0.3) is 0 Å². The summed E-state index contributed by atoms with van der Waals surface area (Å²) in [6.07, 6.45) is 1.80. The third-order valence-electron chi connectivity index (χ3n) is 4.02. The second-order valence-electron chi connectivity index (χ2n) is 6.23. The lowest BCUT2D eigenvalue weighted by Gasteiger charge is -2.18. The van der Waals surface area contributed by atoms with Crippen LogP contribution in [0.15, 0.2) is 53.6 Å². The number of thioether (sulfide) groups is 1. The predicted octanol–water partition coefficient (Wildman–Crippen LogP) is 4.31. The summed E-state index contributed by atoms with van der Waals surface area (Å²) in [6, 6.07) is 13.9. The SMILES string of the molecule is COc1cccc(SC(c2ccccn2)c2[nH]c(CO)nc2C(C)C)c1. The minimum absolute atomic E-state index is 0.0616. The summed E-state index contributed by atoms with van der Waals surface area (Å²) in [5.41, 5.74) is 2.88. The van der Waals surface area contributed by atoms with Gasteiger partial charge in [-0.15, -0.1) is 11.8 Å². The number of aliphatic hydroxyl groups excluding tert-OH is 1. The van der Waals surface area contributed by atoms with Crippen LogP contribution in [0.2, 0.25) is 0 Å². The first-order valence-electron chi connectivity index (χ1n) is 8.53. The zero-order valence-electron chi connectivity index (χ0n) is 15.1. The van der Waals surface area contributed by atoms with E-state index in [2.05, 4.69) is 34.9 Å². The molecule has 0 bridgehead atoms. The van der Waals surface area contributed by atoms with Gasteiger partial charge in [-0.2, -0.15) is 0 Å². The van der Waals surface area contributed by atoms with Gasteiger partial charge in [-0.05, 0) is 36.2 Å². The topological polar surface area (TPSA) is 71.0 Å². The number of imidazole rings is 1. The number of hydrogen-bond acceptors (Lipinski definition) is 5. The molecule has 136 valence electrons. The number of pyridine rings is 1. The summed E-state index contributed by atoms with van der Waals surface area (Å²) >= 11 is 1.68. The highest BCUT2D eigenvalue weighted by Crippen LogP contribution is 2.42. The lowest BCUT2D eigenvalue weighted by atomic mass is 10.1. The Hall–Kier alpha value is -2.31. The zero-order chi connectivity index (χ0) is 18.5. The maximum Gasteiger partial charge on any atom is 0.132 e. The molecule has 0 aliphatic heterocycles. The van der Waals surface area contributed by atoms with E-state index < -0.39 is 0 Å². The second-order valence-corrected chi connectivity index (χ2v) is 7.41. The Balaban J connectivity index is 2.06. The van der Waals surface area contributed by atoms with E-state index in [1.165, 1.54) is 0 Å². The smallest absolute Gasteiger partial charge is 0.132 e. The molecule has 26 heavy (non-hydrogen) atoms. The van der Waals surface area contributed by atoms with Gasteiger partial charge in [-0.1, -0.05) is 26.0 Å². The molecule has 0 radical (unpaired) electrons. The van der Waals surface area contributed by atoms with Crippen molar-refractivity contribution in [2.75, 3.05) is 7.11 Å². The molecule has 0 saturated heterocycles. The Morgan fingerprint density at radius 2 is 2.04 bits per heavy atom. The van der Waals surface area contributed by atoms with E-state index in [-0.39, 0.29) is 17.8 Å². The van der Waals surface area contributed by atoms with Crippen LogP contribution in [0.5, 0.6) is 5.75 Å². The van der Waals surface area contributed by atoms with Crippen molar-refractivity contribution in [2.45, 2.75) is 36.5 Å². The zero-order valence-corrected chi connectivity index (χ0v) is 16.0. The van der Waals surface area contributed by atoms with Gasteiger partial charge in [0.1, 0.15) is 18.2 Å². The maximum absolute atomic E-state index is 9.53. The summed E-state index contributed by atoms with van der Waals surface area (Å²) in [6.45, 7) is 4.09. The molecule has 0 amide bonds. The lowest BCUT2D eigenvalue weighted by molar-refractivity contribution is 0.272. The normalized spacial score (nSPS) is 12.3. The van der Waals surface area contributed by atoms with Crippen LogP contribution in [0.1, 0.15) is 47.9 Å². The van der Waals surface area contributed by atoms with Crippen LogP contribution in [0.3, 0.4) is 0 Å². The van der Waals surface area contributed by atoms with Crippen molar-refractivity contribution in [2.24, 2.45) is 0 Å². The van der Waals surface area contributed by atoms with E-state index in [9.17, 15) is 5.11 Å². The number of ether oxygens (including phenoxy) is 1. The number of H-pyrrole nitrogens is 1. The molecular formula is C20H23N3O2S. The molecule has 3 rings (SSSR count). The molecule has 6 heteroatoms. The average molecular weight is 369 g/mol. The fourth-order valence-electron chi connectivity index (χ4n) is 2.78. The van der Waals surface area contributed by atoms with Gasteiger partial charge >= 0.3 is 0 Å². The first-order chi connectivity index (χ1) is 12.6. The molecule has 1 aromatic carbocycles. The van der Waals surface area contributed by atoms with Crippen molar-refractivity contribution < 1.29 is 9.84 Å². The molecule has 1 atom stereocenters. The highest BCUT2D eigenvalue weighted by Gasteiger charge is 2.25. The first-order valence-corrected chi connectivity index (χ1v) is 9.41. The maximum atomic E-state index is 9.53. The molecule has 0 fully saturated rings. The summed E-state index contributed by atoms with van der Waals surface area (Å²) in [4.78, 5) is 13.5. The molecular weight excluding hydrogens is 346 g/mol. The number of aliphatic hydroxyl groups is 1. The van der Waals surface area contributed by atoms with Gasteiger partial charge in [0.15, 0.2) is 0 Å². The highest BCUT2D eigenvalue weighted by atomic mass is 32.2. The van der Waals surface area contributed by atoms with Crippen LogP contribution in [0, 0.1) is 0 Å². The van der Waals surface area contributed by atoms with Gasteiger partial charge < -0.3 is 14.8 Å². The summed E-state index contributed by atoms with van der Waals surface area (Å²) in [5, 5.41) is 9.47. The highest BCUT2D eigenvalue weighted by molar-refractivity contribution is 7.99. The predicted molar refractivity (Wildman–Crippen MR) is 104 cm³/mol. The lowest BCUT2D eigenvalue weighted by Crippen LogP contribution is -2.04. The van der Waals surface area contributed by atoms with Gasteiger partial charge in [0.2, 0.25) is 0 Å². The van der Waals surface area contributed by atoms with E-state index in [0.717, 1.165) is 27.7 Å². The van der Waals surface area contributed by atoms with Crippen molar-refractivity contribution in [1.29, 1.82) is 0 Å². The van der Waals surface area contributed by atoms with E-state index in [4.69, 9.17) is 4.74 Å². The molecule has 2 N–H and O–H groups in total. The van der Waals surface area contributed by atoms with Crippen LogP contribution in [-0.4, -0.2) is 27.2 Å². The Bertz CT molecular complexity index is 849. The van der Waals surface area contributed by atoms with Gasteiger partial charge in [-0.25, -0.2) is 4.98 Å². The molecule has 5 nitrogen and oxygen atoms in total. The molecule has 3 aromatic rings. The molecule has 0 saturated carbocycles. The monoisotopic (exact) mass is 369 g/mol. The number of nitrogens with one attached hydrogen (secondary N) is 1. The third kappa shape index (κ3) is 4.08. The van der Waals surface area contributed by atoms with Crippen molar-refractivity contribution >= 4 is 11.8 Å². The van der Waals surface area contributed by atoms with Crippen molar-refractivity contribution in [3.63, 3.8) is 0 Å². The Labute approximate surface area is 157 Å². The second kappa shape index (κ2) is 8.38. The minimum Gasteiger partial charge on any atom is -0.497 e.